The maximum atomic E-state index is 8.84. The summed E-state index contributed by atoms with van der Waals surface area (Å²) < 4.78 is 0.692. The normalized spacial score (nSPS) is 10.6. The number of nitrogens with zero attached hydrogens (tertiary/aromatic N) is 1. The first-order valence-electron chi connectivity index (χ1n) is 3.96. The van der Waals surface area contributed by atoms with Crippen molar-refractivity contribution in [3.05, 3.63) is 21.8 Å². The second-order valence-electron chi connectivity index (χ2n) is 2.69. The van der Waals surface area contributed by atoms with Gasteiger partial charge in [-0.25, -0.2) is 4.98 Å². The Morgan fingerprint density at radius 3 is 2.64 bits per heavy atom. The second-order valence-corrected chi connectivity index (χ2v) is 3.98. The van der Waals surface area contributed by atoms with E-state index in [1.807, 2.05) is 0 Å². The number of hydrogen-bond acceptors (Lipinski definition) is 4. The van der Waals surface area contributed by atoms with Crippen LogP contribution in [0.5, 0.6) is 0 Å². The van der Waals surface area contributed by atoms with Gasteiger partial charge in [0.2, 0.25) is 0 Å². The van der Waals surface area contributed by atoms with Gasteiger partial charge >= 0.3 is 0 Å². The van der Waals surface area contributed by atoms with Crippen LogP contribution in [0.1, 0.15) is 0 Å². The maximum Gasteiger partial charge on any atom is 0.140 e. The van der Waals surface area contributed by atoms with Gasteiger partial charge in [0.25, 0.3) is 0 Å². The molecule has 0 bridgehead atoms. The third-order valence-electron chi connectivity index (χ3n) is 1.59. The summed E-state index contributed by atoms with van der Waals surface area (Å²) in [5.74, 6) is 0.544. The molecule has 1 heterocycles. The zero-order valence-electron chi connectivity index (χ0n) is 7.24. The number of hydrogen-bond donors (Lipinski definition) is 3. The van der Waals surface area contributed by atoms with Crippen molar-refractivity contribution in [2.24, 2.45) is 0 Å². The number of anilines is 1. The Morgan fingerprint density at radius 2 is 2.14 bits per heavy atom. The van der Waals surface area contributed by atoms with Crippen molar-refractivity contribution in [2.45, 2.75) is 6.04 Å². The van der Waals surface area contributed by atoms with E-state index in [4.69, 9.17) is 21.8 Å². The molecule has 4 nitrogen and oxygen atoms in total. The topological polar surface area (TPSA) is 65.4 Å². The molecule has 1 aromatic rings. The molecule has 0 saturated heterocycles. The Labute approximate surface area is 95.1 Å². The van der Waals surface area contributed by atoms with Gasteiger partial charge in [0.1, 0.15) is 5.82 Å². The van der Waals surface area contributed by atoms with Crippen LogP contribution < -0.4 is 5.32 Å². The molecule has 0 saturated carbocycles. The highest BCUT2D eigenvalue weighted by Crippen LogP contribution is 2.23. The fourth-order valence-electron chi connectivity index (χ4n) is 0.863. The molecule has 0 atom stereocenters. The Bertz CT molecular complexity index is 307. The molecule has 0 radical (unpaired) electrons. The summed E-state index contributed by atoms with van der Waals surface area (Å²) in [6.07, 6.45) is 1.49. The molecule has 0 amide bonds. The third kappa shape index (κ3) is 3.09. The molecule has 0 spiro atoms. The minimum absolute atomic E-state index is 0.159. The number of aromatic nitrogens is 1. The van der Waals surface area contributed by atoms with Crippen LogP contribution in [0.3, 0.4) is 0 Å². The number of nitrogens with one attached hydrogen (secondary N) is 1. The quantitative estimate of drug-likeness (QED) is 0.777. The lowest BCUT2D eigenvalue weighted by Gasteiger charge is -2.14. The Kier molecular flexibility index (Phi) is 4.60. The van der Waals surface area contributed by atoms with Crippen molar-refractivity contribution in [2.75, 3.05) is 18.5 Å². The number of pyridine rings is 1. The van der Waals surface area contributed by atoms with Gasteiger partial charge in [0.05, 0.1) is 28.8 Å². The largest absolute Gasteiger partial charge is 0.394 e. The van der Waals surface area contributed by atoms with Crippen LogP contribution in [0.4, 0.5) is 5.82 Å². The van der Waals surface area contributed by atoms with E-state index in [2.05, 4.69) is 26.2 Å². The lowest BCUT2D eigenvalue weighted by atomic mass is 10.3. The van der Waals surface area contributed by atoms with E-state index >= 15 is 0 Å². The van der Waals surface area contributed by atoms with Crippen LogP contribution in [-0.2, 0) is 0 Å². The van der Waals surface area contributed by atoms with Crippen LogP contribution in [0.15, 0.2) is 16.7 Å². The van der Waals surface area contributed by atoms with Gasteiger partial charge in [-0.2, -0.15) is 0 Å². The van der Waals surface area contributed by atoms with Crippen molar-refractivity contribution in [1.82, 2.24) is 4.98 Å². The van der Waals surface area contributed by atoms with Crippen LogP contribution in [0, 0.1) is 0 Å². The molecule has 6 heteroatoms. The molecule has 0 fully saturated rings. The predicted octanol–water partition coefficient (Wildman–Crippen LogP) is 1.26. The Morgan fingerprint density at radius 1 is 1.50 bits per heavy atom. The summed E-state index contributed by atoms with van der Waals surface area (Å²) in [5, 5.41) is 21.1. The van der Waals surface area contributed by atoms with Crippen molar-refractivity contribution in [3.63, 3.8) is 0 Å². The van der Waals surface area contributed by atoms with Gasteiger partial charge in [-0.15, -0.1) is 0 Å². The summed E-state index contributed by atoms with van der Waals surface area (Å²) >= 11 is 8.96. The fourth-order valence-corrected chi connectivity index (χ4v) is 1.62. The van der Waals surface area contributed by atoms with E-state index in [0.29, 0.717) is 15.3 Å². The van der Waals surface area contributed by atoms with Gasteiger partial charge in [0, 0.05) is 6.20 Å². The van der Waals surface area contributed by atoms with E-state index < -0.39 is 6.04 Å². The fraction of sp³-hybridized carbons (Fsp3) is 0.375. The van der Waals surface area contributed by atoms with E-state index in [0.717, 1.165) is 0 Å². The Hall–Kier alpha value is -0.360. The SMILES string of the molecule is OCC(CO)Nc1ncc(Cl)cc1Br. The summed E-state index contributed by atoms with van der Waals surface area (Å²) in [7, 11) is 0. The molecule has 1 aromatic heterocycles. The number of rotatable bonds is 4. The maximum absolute atomic E-state index is 8.84. The lowest BCUT2D eigenvalue weighted by Crippen LogP contribution is -2.28. The van der Waals surface area contributed by atoms with Crippen LogP contribution in [0.2, 0.25) is 5.02 Å². The average Bonchev–Trinajstić information content (AvgIpc) is 2.17. The highest BCUT2D eigenvalue weighted by Gasteiger charge is 2.08. The molecular formula is C8H10BrClN2O2. The highest BCUT2D eigenvalue weighted by atomic mass is 79.9. The minimum Gasteiger partial charge on any atom is -0.394 e. The molecule has 0 aliphatic carbocycles. The number of halogens is 2. The van der Waals surface area contributed by atoms with E-state index in [1.54, 1.807) is 6.07 Å². The van der Waals surface area contributed by atoms with E-state index in [9.17, 15) is 0 Å². The molecule has 3 N–H and O–H groups in total. The van der Waals surface area contributed by atoms with Gasteiger partial charge < -0.3 is 15.5 Å². The van der Waals surface area contributed by atoms with Crippen LogP contribution in [0.25, 0.3) is 0 Å². The summed E-state index contributed by atoms with van der Waals surface area (Å²) in [6.45, 7) is -0.319. The van der Waals surface area contributed by atoms with Crippen LogP contribution in [-0.4, -0.2) is 34.5 Å². The first kappa shape index (κ1) is 11.7. The first-order valence-corrected chi connectivity index (χ1v) is 5.13. The number of aliphatic hydroxyl groups excluding tert-OH is 2. The third-order valence-corrected chi connectivity index (χ3v) is 2.40. The molecule has 0 aliphatic heterocycles. The van der Waals surface area contributed by atoms with Crippen molar-refractivity contribution >= 4 is 33.3 Å². The van der Waals surface area contributed by atoms with E-state index in [-0.39, 0.29) is 13.2 Å². The zero-order chi connectivity index (χ0) is 10.6. The number of aliphatic hydroxyl groups is 2. The van der Waals surface area contributed by atoms with Gasteiger partial charge in [-0.1, -0.05) is 11.6 Å². The minimum atomic E-state index is -0.417. The molecule has 78 valence electrons. The van der Waals surface area contributed by atoms with Gasteiger partial charge in [-0.3, -0.25) is 0 Å². The molecule has 0 aromatic carbocycles. The highest BCUT2D eigenvalue weighted by molar-refractivity contribution is 9.10. The standard InChI is InChI=1S/C8H10BrClN2O2/c9-7-1-5(10)2-11-8(7)12-6(3-13)4-14/h1-2,6,13-14H,3-4H2,(H,11,12). The second kappa shape index (κ2) is 5.50. The summed E-state index contributed by atoms with van der Waals surface area (Å²) in [6, 6.07) is 1.27. The zero-order valence-corrected chi connectivity index (χ0v) is 9.59. The molecule has 14 heavy (non-hydrogen) atoms. The molecule has 1 rings (SSSR count). The first-order chi connectivity index (χ1) is 6.67. The predicted molar refractivity (Wildman–Crippen MR) is 58.5 cm³/mol. The molecule has 0 unspecified atom stereocenters. The summed E-state index contributed by atoms with van der Waals surface area (Å²) in [5.41, 5.74) is 0. The summed E-state index contributed by atoms with van der Waals surface area (Å²) in [4.78, 5) is 4.00. The lowest BCUT2D eigenvalue weighted by molar-refractivity contribution is 0.203. The molecular weight excluding hydrogens is 271 g/mol. The molecule has 0 aliphatic rings. The Balaban J connectivity index is 2.76. The van der Waals surface area contributed by atoms with Gasteiger partial charge in [0.15, 0.2) is 0 Å². The van der Waals surface area contributed by atoms with E-state index in [1.165, 1.54) is 6.20 Å². The van der Waals surface area contributed by atoms with Crippen molar-refractivity contribution in [3.8, 4) is 0 Å². The average molecular weight is 282 g/mol. The smallest absolute Gasteiger partial charge is 0.140 e. The van der Waals surface area contributed by atoms with Crippen LogP contribution >= 0.6 is 27.5 Å². The van der Waals surface area contributed by atoms with Crippen molar-refractivity contribution < 1.29 is 10.2 Å². The van der Waals surface area contributed by atoms with Crippen molar-refractivity contribution in [1.29, 1.82) is 0 Å². The monoisotopic (exact) mass is 280 g/mol. The van der Waals surface area contributed by atoms with Gasteiger partial charge in [-0.05, 0) is 22.0 Å².